The molecule has 0 bridgehead atoms. The van der Waals surface area contributed by atoms with Crippen LogP contribution in [0.1, 0.15) is 32.1 Å². The Morgan fingerprint density at radius 3 is 2.59 bits per heavy atom. The molecule has 1 N–H and O–H groups in total. The van der Waals surface area contributed by atoms with E-state index in [9.17, 15) is 18.0 Å². The van der Waals surface area contributed by atoms with E-state index in [0.717, 1.165) is 6.54 Å². The van der Waals surface area contributed by atoms with E-state index in [2.05, 4.69) is 10.3 Å². The predicted molar refractivity (Wildman–Crippen MR) is 106 cm³/mol. The first-order chi connectivity index (χ1) is 13.9. The Morgan fingerprint density at radius 2 is 1.93 bits per heavy atom. The van der Waals surface area contributed by atoms with Crippen LogP contribution in [0.5, 0.6) is 0 Å². The number of sulfonamides is 1. The number of nitrogens with zero attached hydrogens (tertiary/aromatic N) is 3. The second kappa shape index (κ2) is 8.39. The molecule has 29 heavy (non-hydrogen) atoms. The van der Waals surface area contributed by atoms with Crippen molar-refractivity contribution in [3.8, 4) is 0 Å². The van der Waals surface area contributed by atoms with E-state index in [1.807, 2.05) is 0 Å². The maximum Gasteiger partial charge on any atom is 0.244 e. The number of piperidine rings is 1. The van der Waals surface area contributed by atoms with Gasteiger partial charge in [0.25, 0.3) is 0 Å². The SMILES string of the molecule is O=C(NCC1CC1)C1CC(=O)N(CC2CCN(S(=O)(=O)c3cccnc3)CC2)C1. The summed E-state index contributed by atoms with van der Waals surface area (Å²) >= 11 is 0. The number of carbonyl (C=O) groups is 2. The molecule has 2 saturated heterocycles. The average molecular weight is 421 g/mol. The minimum atomic E-state index is -3.51. The van der Waals surface area contributed by atoms with Crippen molar-refractivity contribution in [2.24, 2.45) is 17.8 Å². The van der Waals surface area contributed by atoms with Crippen molar-refractivity contribution in [3.63, 3.8) is 0 Å². The number of rotatable bonds is 7. The summed E-state index contributed by atoms with van der Waals surface area (Å²) < 4.78 is 26.9. The topological polar surface area (TPSA) is 99.7 Å². The second-order valence-corrected chi connectivity index (χ2v) is 10.4. The van der Waals surface area contributed by atoms with Crippen molar-refractivity contribution in [1.29, 1.82) is 0 Å². The smallest absolute Gasteiger partial charge is 0.244 e. The zero-order chi connectivity index (χ0) is 20.4. The number of carbonyl (C=O) groups excluding carboxylic acids is 2. The molecule has 1 unspecified atom stereocenters. The maximum atomic E-state index is 12.7. The molecule has 158 valence electrons. The summed E-state index contributed by atoms with van der Waals surface area (Å²) in [5.41, 5.74) is 0. The van der Waals surface area contributed by atoms with Gasteiger partial charge in [-0.2, -0.15) is 4.31 Å². The van der Waals surface area contributed by atoms with E-state index >= 15 is 0 Å². The fourth-order valence-corrected chi connectivity index (χ4v) is 5.56. The number of nitrogens with one attached hydrogen (secondary N) is 1. The van der Waals surface area contributed by atoms with Crippen LogP contribution >= 0.6 is 0 Å². The van der Waals surface area contributed by atoms with Gasteiger partial charge in [0.15, 0.2) is 0 Å². The molecule has 3 aliphatic rings. The second-order valence-electron chi connectivity index (χ2n) is 8.42. The van der Waals surface area contributed by atoms with Crippen LogP contribution < -0.4 is 5.32 Å². The number of amides is 2. The molecule has 1 aromatic rings. The van der Waals surface area contributed by atoms with Crippen LogP contribution in [0.2, 0.25) is 0 Å². The van der Waals surface area contributed by atoms with E-state index < -0.39 is 10.0 Å². The van der Waals surface area contributed by atoms with Crippen LogP contribution in [-0.4, -0.2) is 67.1 Å². The summed E-state index contributed by atoms with van der Waals surface area (Å²) in [7, 11) is -3.51. The molecular formula is C20H28N4O4S. The molecule has 1 atom stereocenters. The Kier molecular flexibility index (Phi) is 5.87. The molecule has 0 aromatic carbocycles. The molecule has 0 spiro atoms. The molecule has 4 rings (SSSR count). The van der Waals surface area contributed by atoms with Crippen LogP contribution in [0.25, 0.3) is 0 Å². The van der Waals surface area contributed by atoms with E-state index in [-0.39, 0.29) is 35.0 Å². The monoisotopic (exact) mass is 420 g/mol. The molecule has 1 aromatic heterocycles. The molecular weight excluding hydrogens is 392 g/mol. The first-order valence-corrected chi connectivity index (χ1v) is 11.8. The molecule has 3 fully saturated rings. The summed E-state index contributed by atoms with van der Waals surface area (Å²) in [5.74, 6) is 0.646. The molecule has 0 radical (unpaired) electrons. The van der Waals surface area contributed by atoms with Gasteiger partial charge in [0.2, 0.25) is 21.8 Å². The van der Waals surface area contributed by atoms with E-state index in [4.69, 9.17) is 0 Å². The van der Waals surface area contributed by atoms with Gasteiger partial charge in [-0.1, -0.05) is 0 Å². The highest BCUT2D eigenvalue weighted by atomic mass is 32.2. The van der Waals surface area contributed by atoms with Crippen molar-refractivity contribution in [2.75, 3.05) is 32.7 Å². The summed E-state index contributed by atoms with van der Waals surface area (Å²) in [6, 6.07) is 3.18. The lowest BCUT2D eigenvalue weighted by atomic mass is 9.97. The third-order valence-corrected chi connectivity index (χ3v) is 8.05. The number of hydrogen-bond acceptors (Lipinski definition) is 5. The fourth-order valence-electron chi connectivity index (χ4n) is 4.13. The quantitative estimate of drug-likeness (QED) is 0.705. The zero-order valence-corrected chi connectivity index (χ0v) is 17.3. The van der Waals surface area contributed by atoms with Gasteiger partial charge in [0.05, 0.1) is 5.92 Å². The molecule has 1 saturated carbocycles. The van der Waals surface area contributed by atoms with Gasteiger partial charge in [0.1, 0.15) is 4.90 Å². The van der Waals surface area contributed by atoms with Crippen molar-refractivity contribution in [3.05, 3.63) is 24.5 Å². The first kappa shape index (κ1) is 20.3. The normalized spacial score (nSPS) is 24.1. The molecule has 3 heterocycles. The van der Waals surface area contributed by atoms with Crippen LogP contribution in [0, 0.1) is 17.8 Å². The maximum absolute atomic E-state index is 12.7. The molecule has 1 aliphatic carbocycles. The molecule has 9 heteroatoms. The van der Waals surface area contributed by atoms with Crippen LogP contribution in [-0.2, 0) is 19.6 Å². The lowest BCUT2D eigenvalue weighted by Crippen LogP contribution is -2.42. The van der Waals surface area contributed by atoms with Crippen molar-refractivity contribution < 1.29 is 18.0 Å². The van der Waals surface area contributed by atoms with E-state index in [1.54, 1.807) is 23.2 Å². The average Bonchev–Trinajstić information content (AvgIpc) is 3.49. The first-order valence-electron chi connectivity index (χ1n) is 10.4. The summed E-state index contributed by atoms with van der Waals surface area (Å²) in [5, 5.41) is 2.97. The van der Waals surface area contributed by atoms with Gasteiger partial charge in [-0.3, -0.25) is 14.6 Å². The predicted octanol–water partition coefficient (Wildman–Crippen LogP) is 0.857. The van der Waals surface area contributed by atoms with Crippen molar-refractivity contribution in [1.82, 2.24) is 19.5 Å². The number of aromatic nitrogens is 1. The van der Waals surface area contributed by atoms with Gasteiger partial charge >= 0.3 is 0 Å². The molecule has 2 amide bonds. The van der Waals surface area contributed by atoms with Gasteiger partial charge < -0.3 is 10.2 Å². The fraction of sp³-hybridized carbons (Fsp3) is 0.650. The summed E-state index contributed by atoms with van der Waals surface area (Å²) in [6.45, 7) is 2.69. The lowest BCUT2D eigenvalue weighted by Gasteiger charge is -2.33. The minimum Gasteiger partial charge on any atom is -0.356 e. The number of hydrogen-bond donors (Lipinski definition) is 1. The standard InChI is InChI=1S/C20H28N4O4S/c25-19-10-17(20(26)22-11-15-3-4-15)14-23(19)13-16-5-8-24(9-6-16)29(27,28)18-2-1-7-21-12-18/h1-2,7,12,15-17H,3-6,8-11,13-14H2,(H,22,26). The highest BCUT2D eigenvalue weighted by Gasteiger charge is 2.37. The van der Waals surface area contributed by atoms with Crippen molar-refractivity contribution >= 4 is 21.8 Å². The largest absolute Gasteiger partial charge is 0.356 e. The lowest BCUT2D eigenvalue weighted by molar-refractivity contribution is -0.129. The van der Waals surface area contributed by atoms with Crippen molar-refractivity contribution in [2.45, 2.75) is 37.0 Å². The van der Waals surface area contributed by atoms with Gasteiger partial charge in [0, 0.05) is 51.5 Å². The van der Waals surface area contributed by atoms with Gasteiger partial charge in [-0.15, -0.1) is 0 Å². The number of likely N-dealkylation sites (tertiary alicyclic amines) is 1. The third kappa shape index (κ3) is 4.78. The Morgan fingerprint density at radius 1 is 1.17 bits per heavy atom. The van der Waals surface area contributed by atoms with Crippen LogP contribution in [0.15, 0.2) is 29.4 Å². The van der Waals surface area contributed by atoms with E-state index in [0.29, 0.717) is 44.9 Å². The summed E-state index contributed by atoms with van der Waals surface area (Å²) in [6.07, 6.45) is 7.00. The van der Waals surface area contributed by atoms with Gasteiger partial charge in [-0.25, -0.2) is 8.42 Å². The van der Waals surface area contributed by atoms with Gasteiger partial charge in [-0.05, 0) is 49.7 Å². The Bertz CT molecular complexity index is 848. The zero-order valence-electron chi connectivity index (χ0n) is 16.5. The third-order valence-electron chi connectivity index (χ3n) is 6.17. The number of pyridine rings is 1. The highest BCUT2D eigenvalue weighted by Crippen LogP contribution is 2.29. The molecule has 2 aliphatic heterocycles. The van der Waals surface area contributed by atoms with Crippen LogP contribution in [0.3, 0.4) is 0 Å². The minimum absolute atomic E-state index is 0.00914. The Balaban J connectivity index is 1.26. The molecule has 8 nitrogen and oxygen atoms in total. The Labute approximate surface area is 171 Å². The highest BCUT2D eigenvalue weighted by molar-refractivity contribution is 7.89. The van der Waals surface area contributed by atoms with Crippen LogP contribution in [0.4, 0.5) is 0 Å². The van der Waals surface area contributed by atoms with E-state index in [1.165, 1.54) is 23.3 Å². The Hall–Kier alpha value is -2.00. The summed E-state index contributed by atoms with van der Waals surface area (Å²) in [4.78, 5) is 30.5.